The minimum Gasteiger partial charge on any atom is -0.313 e. The van der Waals surface area contributed by atoms with Gasteiger partial charge in [-0.1, -0.05) is 13.8 Å². The van der Waals surface area contributed by atoms with Crippen LogP contribution in [0.15, 0.2) is 15.9 Å². The summed E-state index contributed by atoms with van der Waals surface area (Å²) < 4.78 is 1.24. The van der Waals surface area contributed by atoms with Crippen LogP contribution in [0.1, 0.15) is 25.1 Å². The molecule has 0 aromatic carbocycles. The van der Waals surface area contributed by atoms with Gasteiger partial charge in [-0.05, 0) is 53.2 Å². The van der Waals surface area contributed by atoms with Crippen LogP contribution in [-0.2, 0) is 6.42 Å². The molecule has 1 N–H and O–H groups in total. The summed E-state index contributed by atoms with van der Waals surface area (Å²) in [5.74, 6) is 2.42. The summed E-state index contributed by atoms with van der Waals surface area (Å²) >= 11 is 7.39. The highest BCUT2D eigenvalue weighted by atomic mass is 79.9. The van der Waals surface area contributed by atoms with Gasteiger partial charge in [-0.2, -0.15) is 11.8 Å². The van der Waals surface area contributed by atoms with Gasteiger partial charge in [0.05, 0.1) is 3.79 Å². The van der Waals surface area contributed by atoms with E-state index in [9.17, 15) is 0 Å². The summed E-state index contributed by atoms with van der Waals surface area (Å²) in [6.45, 7) is 5.57. The number of hydrogen-bond acceptors (Lipinski definition) is 3. The van der Waals surface area contributed by atoms with E-state index in [1.54, 1.807) is 0 Å². The van der Waals surface area contributed by atoms with E-state index in [-0.39, 0.29) is 0 Å². The molecule has 1 unspecified atom stereocenters. The molecular formula is C12H20BrNS2. The van der Waals surface area contributed by atoms with Gasteiger partial charge in [0.15, 0.2) is 0 Å². The maximum Gasteiger partial charge on any atom is 0.0701 e. The zero-order valence-corrected chi connectivity index (χ0v) is 13.2. The smallest absolute Gasteiger partial charge is 0.0701 e. The Morgan fingerprint density at radius 1 is 1.44 bits per heavy atom. The van der Waals surface area contributed by atoms with Crippen LogP contribution in [0, 0.1) is 0 Å². The lowest BCUT2D eigenvalue weighted by Gasteiger charge is -2.17. The molecule has 0 radical (unpaired) electrons. The number of hydrogen-bond donors (Lipinski definition) is 1. The summed E-state index contributed by atoms with van der Waals surface area (Å²) in [6.07, 6.45) is 2.37. The van der Waals surface area contributed by atoms with Crippen molar-refractivity contribution in [3.8, 4) is 0 Å². The third-order valence-electron chi connectivity index (χ3n) is 2.28. The zero-order valence-electron chi connectivity index (χ0n) is 9.96. The van der Waals surface area contributed by atoms with Gasteiger partial charge in [0.2, 0.25) is 0 Å². The number of thioether (sulfide) groups is 1. The van der Waals surface area contributed by atoms with E-state index < -0.39 is 0 Å². The van der Waals surface area contributed by atoms with E-state index >= 15 is 0 Å². The van der Waals surface area contributed by atoms with Crippen LogP contribution in [0.2, 0.25) is 0 Å². The predicted molar refractivity (Wildman–Crippen MR) is 80.8 cm³/mol. The van der Waals surface area contributed by atoms with Crippen molar-refractivity contribution in [3.63, 3.8) is 0 Å². The number of nitrogens with one attached hydrogen (secondary N) is 1. The molecule has 0 amide bonds. The Balaban J connectivity index is 2.41. The summed E-state index contributed by atoms with van der Waals surface area (Å²) in [5.41, 5.74) is 0. The van der Waals surface area contributed by atoms with Crippen molar-refractivity contribution in [1.29, 1.82) is 0 Å². The van der Waals surface area contributed by atoms with Gasteiger partial charge in [0.1, 0.15) is 0 Å². The third-order valence-corrected chi connectivity index (χ3v) is 4.97. The van der Waals surface area contributed by atoms with Gasteiger partial charge in [-0.3, -0.25) is 0 Å². The molecule has 0 aliphatic rings. The average Bonchev–Trinajstić information content (AvgIpc) is 2.68. The third kappa shape index (κ3) is 5.71. The fourth-order valence-electron chi connectivity index (χ4n) is 1.50. The first-order chi connectivity index (χ1) is 7.76. The monoisotopic (exact) mass is 321 g/mol. The molecule has 1 heterocycles. The fourth-order valence-corrected chi connectivity index (χ4v) is 3.82. The van der Waals surface area contributed by atoms with Crippen LogP contribution in [-0.4, -0.2) is 24.1 Å². The van der Waals surface area contributed by atoms with E-state index in [1.807, 2.05) is 23.1 Å². The lowest BCUT2D eigenvalue weighted by Crippen LogP contribution is -2.33. The maximum absolute atomic E-state index is 3.63. The Morgan fingerprint density at radius 3 is 2.81 bits per heavy atom. The SMILES string of the molecule is CCCNC(CSCC)Cc1ccc(Br)s1. The normalized spacial score (nSPS) is 12.9. The van der Waals surface area contributed by atoms with E-state index in [2.05, 4.69) is 47.2 Å². The zero-order chi connectivity index (χ0) is 11.8. The van der Waals surface area contributed by atoms with Crippen LogP contribution in [0.25, 0.3) is 0 Å². The Morgan fingerprint density at radius 2 is 2.25 bits per heavy atom. The Bertz CT molecular complexity index is 280. The summed E-state index contributed by atoms with van der Waals surface area (Å²) in [6, 6.07) is 4.99. The van der Waals surface area contributed by atoms with Crippen LogP contribution >= 0.6 is 39.0 Å². The second kappa shape index (κ2) is 8.56. The van der Waals surface area contributed by atoms with E-state index in [4.69, 9.17) is 0 Å². The number of halogens is 1. The van der Waals surface area contributed by atoms with Gasteiger partial charge in [0, 0.05) is 16.7 Å². The summed E-state index contributed by atoms with van der Waals surface area (Å²) in [5, 5.41) is 3.63. The second-order valence-corrected chi connectivity index (χ2v) is 7.59. The van der Waals surface area contributed by atoms with Crippen LogP contribution < -0.4 is 5.32 Å². The molecule has 0 bridgehead atoms. The molecule has 1 aromatic heterocycles. The molecule has 1 nitrogen and oxygen atoms in total. The highest BCUT2D eigenvalue weighted by molar-refractivity contribution is 9.11. The molecule has 92 valence electrons. The van der Waals surface area contributed by atoms with Gasteiger partial charge in [-0.15, -0.1) is 11.3 Å². The van der Waals surface area contributed by atoms with Crippen molar-refractivity contribution in [2.24, 2.45) is 0 Å². The Labute approximate surface area is 116 Å². The van der Waals surface area contributed by atoms with E-state index in [1.165, 1.54) is 26.6 Å². The molecule has 0 aliphatic carbocycles. The minimum absolute atomic E-state index is 0.621. The summed E-state index contributed by atoms with van der Waals surface area (Å²) in [4.78, 5) is 1.47. The second-order valence-electron chi connectivity index (χ2n) is 3.72. The molecule has 0 fully saturated rings. The lowest BCUT2D eigenvalue weighted by molar-refractivity contribution is 0.553. The average molecular weight is 322 g/mol. The van der Waals surface area contributed by atoms with E-state index in [0.29, 0.717) is 6.04 Å². The van der Waals surface area contributed by atoms with Crippen LogP contribution in [0.3, 0.4) is 0 Å². The molecule has 0 spiro atoms. The van der Waals surface area contributed by atoms with Crippen molar-refractivity contribution in [2.45, 2.75) is 32.7 Å². The first-order valence-corrected chi connectivity index (χ1v) is 8.58. The minimum atomic E-state index is 0.621. The van der Waals surface area contributed by atoms with Crippen molar-refractivity contribution in [2.75, 3.05) is 18.1 Å². The maximum atomic E-state index is 3.63. The van der Waals surface area contributed by atoms with Crippen LogP contribution in [0.5, 0.6) is 0 Å². The number of rotatable bonds is 8. The molecule has 0 aliphatic heterocycles. The van der Waals surface area contributed by atoms with Crippen molar-refractivity contribution in [1.82, 2.24) is 5.32 Å². The largest absolute Gasteiger partial charge is 0.313 e. The predicted octanol–water partition coefficient (Wildman–Crippen LogP) is 4.17. The standard InChI is InChI=1S/C12H20BrNS2/c1-3-7-14-10(9-15-4-2)8-11-5-6-12(13)16-11/h5-6,10,14H,3-4,7-9H2,1-2H3. The van der Waals surface area contributed by atoms with Crippen molar-refractivity contribution < 1.29 is 0 Å². The van der Waals surface area contributed by atoms with Gasteiger partial charge >= 0.3 is 0 Å². The molecule has 0 saturated heterocycles. The van der Waals surface area contributed by atoms with Crippen LogP contribution in [0.4, 0.5) is 0 Å². The summed E-state index contributed by atoms with van der Waals surface area (Å²) in [7, 11) is 0. The van der Waals surface area contributed by atoms with Crippen molar-refractivity contribution >= 4 is 39.0 Å². The van der Waals surface area contributed by atoms with Gasteiger partial charge in [0.25, 0.3) is 0 Å². The van der Waals surface area contributed by atoms with Gasteiger partial charge in [-0.25, -0.2) is 0 Å². The highest BCUT2D eigenvalue weighted by Gasteiger charge is 2.09. The van der Waals surface area contributed by atoms with E-state index in [0.717, 1.165) is 13.0 Å². The fraction of sp³-hybridized carbons (Fsp3) is 0.667. The Kier molecular flexibility index (Phi) is 7.79. The molecule has 4 heteroatoms. The van der Waals surface area contributed by atoms with Crippen molar-refractivity contribution in [3.05, 3.63) is 20.8 Å². The first-order valence-electron chi connectivity index (χ1n) is 5.81. The lowest BCUT2D eigenvalue weighted by atomic mass is 10.2. The topological polar surface area (TPSA) is 12.0 Å². The Hall–Kier alpha value is 0.490. The molecule has 1 aromatic rings. The molecule has 1 atom stereocenters. The molecule has 16 heavy (non-hydrogen) atoms. The number of thiophene rings is 1. The highest BCUT2D eigenvalue weighted by Crippen LogP contribution is 2.23. The molecule has 1 rings (SSSR count). The quantitative estimate of drug-likeness (QED) is 0.771. The molecular weight excluding hydrogens is 302 g/mol. The first kappa shape index (κ1) is 14.6. The molecule has 0 saturated carbocycles. The van der Waals surface area contributed by atoms with Gasteiger partial charge < -0.3 is 5.32 Å².